The van der Waals surface area contributed by atoms with Crippen molar-refractivity contribution in [2.24, 2.45) is 0 Å². The van der Waals surface area contributed by atoms with Gasteiger partial charge in [0.2, 0.25) is 15.9 Å². The third-order valence-electron chi connectivity index (χ3n) is 9.56. The second kappa shape index (κ2) is 17.5. The summed E-state index contributed by atoms with van der Waals surface area (Å²) in [5, 5.41) is 24.2. The van der Waals surface area contributed by atoms with Crippen LogP contribution in [0.4, 0.5) is 11.4 Å². The first-order valence-electron chi connectivity index (χ1n) is 18.0. The van der Waals surface area contributed by atoms with Crippen LogP contribution >= 0.6 is 11.3 Å². The lowest BCUT2D eigenvalue weighted by atomic mass is 10.0. The summed E-state index contributed by atoms with van der Waals surface area (Å²) in [4.78, 5) is 41.4. The number of anilines is 2. The van der Waals surface area contributed by atoms with Crippen LogP contribution in [0.1, 0.15) is 66.7 Å². The first-order chi connectivity index (χ1) is 25.5. The number of carboxylic acid groups (broad SMARTS) is 1. The molecule has 16 nitrogen and oxygen atoms in total. The van der Waals surface area contributed by atoms with Crippen molar-refractivity contribution in [2.45, 2.75) is 72.3 Å². The predicted molar refractivity (Wildman–Crippen MR) is 212 cm³/mol. The molecule has 4 aromatic rings. The largest absolute Gasteiger partial charge is 0.480 e. The molecule has 3 aromatic heterocycles. The number of H-pyrrole nitrogens is 1. The van der Waals surface area contributed by atoms with Gasteiger partial charge in [0.25, 0.3) is 5.91 Å². The van der Waals surface area contributed by atoms with E-state index in [1.54, 1.807) is 24.4 Å². The fraction of sp³-hybridized carbons (Fsp3) is 0.528. The van der Waals surface area contributed by atoms with Crippen molar-refractivity contribution in [1.29, 1.82) is 0 Å². The molecule has 2 aliphatic heterocycles. The number of pyridine rings is 1. The Hall–Kier alpha value is -4.20. The first kappa shape index (κ1) is 41.0. The minimum Gasteiger partial charge on any atom is -0.480 e. The van der Waals surface area contributed by atoms with Crippen LogP contribution in [0.25, 0.3) is 22.0 Å². The second-order valence-corrected chi connectivity index (χ2v) is 17.2. The highest BCUT2D eigenvalue weighted by Crippen LogP contribution is 2.34. The van der Waals surface area contributed by atoms with Gasteiger partial charge in [-0.15, -0.1) is 11.3 Å². The molecule has 0 spiro atoms. The Labute approximate surface area is 320 Å². The van der Waals surface area contributed by atoms with Crippen LogP contribution in [0.5, 0.6) is 5.88 Å². The zero-order chi connectivity index (χ0) is 39.3. The Morgan fingerprint density at radius 3 is 2.33 bits per heavy atom. The number of aromatic amines is 1. The van der Waals surface area contributed by atoms with E-state index in [0.717, 1.165) is 50.3 Å². The molecular weight excluding hydrogens is 733 g/mol. The number of nitrogens with one attached hydrogen (secondary N) is 4. The number of ether oxygens (including phenoxy) is 1. The lowest BCUT2D eigenvalue weighted by Crippen LogP contribution is -2.53. The molecular formula is C36H52N10O6S2. The average Bonchev–Trinajstić information content (AvgIpc) is 3.76. The number of piperazine rings is 2. The van der Waals surface area contributed by atoms with Crippen molar-refractivity contribution in [3.05, 3.63) is 46.2 Å². The zero-order valence-electron chi connectivity index (χ0n) is 32.1. The van der Waals surface area contributed by atoms with Gasteiger partial charge in [-0.1, -0.05) is 0 Å². The molecule has 2 unspecified atom stereocenters. The number of hydrogen-bond donors (Lipinski definition) is 5. The smallest absolute Gasteiger partial charge is 0.348 e. The fourth-order valence-corrected chi connectivity index (χ4v) is 8.54. The van der Waals surface area contributed by atoms with E-state index in [-0.39, 0.29) is 22.1 Å². The highest BCUT2D eigenvalue weighted by atomic mass is 32.2. The van der Waals surface area contributed by atoms with E-state index in [4.69, 9.17) is 4.74 Å². The highest BCUT2D eigenvalue weighted by Gasteiger charge is 2.29. The summed E-state index contributed by atoms with van der Waals surface area (Å²) in [6, 6.07) is 7.21. The van der Waals surface area contributed by atoms with E-state index in [9.17, 15) is 23.1 Å². The van der Waals surface area contributed by atoms with Crippen LogP contribution in [-0.2, 0) is 16.6 Å². The maximum Gasteiger partial charge on any atom is 0.348 e. The van der Waals surface area contributed by atoms with Gasteiger partial charge in [0.05, 0.1) is 37.3 Å². The summed E-state index contributed by atoms with van der Waals surface area (Å²) >= 11 is 1.00. The van der Waals surface area contributed by atoms with Crippen molar-refractivity contribution in [2.75, 3.05) is 62.7 Å². The number of hydrogen-bond acceptors (Lipinski definition) is 13. The van der Waals surface area contributed by atoms with Crippen LogP contribution in [0.2, 0.25) is 0 Å². The molecule has 54 heavy (non-hydrogen) atoms. The van der Waals surface area contributed by atoms with Gasteiger partial charge >= 0.3 is 5.97 Å². The summed E-state index contributed by atoms with van der Waals surface area (Å²) in [7, 11) is -2.24. The van der Waals surface area contributed by atoms with Gasteiger partial charge in [-0.3, -0.25) is 29.3 Å². The first-order valence-corrected chi connectivity index (χ1v) is 20.7. The normalized spacial score (nSPS) is 18.8. The third-order valence-corrected chi connectivity index (χ3v) is 11.2. The van der Waals surface area contributed by atoms with Gasteiger partial charge in [0.15, 0.2) is 5.69 Å². The monoisotopic (exact) mass is 784 g/mol. The molecule has 1 aromatic carbocycles. The van der Waals surface area contributed by atoms with E-state index in [1.165, 1.54) is 19.9 Å². The van der Waals surface area contributed by atoms with Crippen LogP contribution < -0.4 is 20.1 Å². The maximum absolute atomic E-state index is 13.5. The summed E-state index contributed by atoms with van der Waals surface area (Å²) < 4.78 is 31.4. The molecule has 0 bridgehead atoms. The Balaban J connectivity index is 0.000000486. The minimum atomic E-state index is -3.62. The fourth-order valence-electron chi connectivity index (χ4n) is 7.05. The second-order valence-electron chi connectivity index (χ2n) is 14.4. The summed E-state index contributed by atoms with van der Waals surface area (Å²) in [5.41, 5.74) is 2.02. The number of carbonyl (C=O) groups excluding carboxylic acids is 1. The molecule has 0 radical (unpaired) electrons. The van der Waals surface area contributed by atoms with Crippen molar-refractivity contribution in [3.8, 4) is 17.0 Å². The number of thiazole rings is 1. The topological polar surface area (TPSA) is 198 Å². The lowest BCUT2D eigenvalue weighted by Gasteiger charge is -2.41. The predicted octanol–water partition coefficient (Wildman–Crippen LogP) is 4.02. The zero-order valence-corrected chi connectivity index (χ0v) is 33.8. The SMILES string of the molecule is CC(C)N1CCNCC1C.COc1ncc(-c2cc(NC(=O)c3nc(CN4CCN(C(C)C)C(C)C4)sc3C(=O)O)c3cn[nH]c3c2)cc1NS(C)(=O)=O. The maximum atomic E-state index is 13.5. The quantitative estimate of drug-likeness (QED) is 0.146. The number of sulfonamides is 1. The molecule has 6 rings (SSSR count). The lowest BCUT2D eigenvalue weighted by molar-refractivity contribution is 0.0563. The Bertz CT molecular complexity index is 2050. The van der Waals surface area contributed by atoms with Crippen LogP contribution in [0.3, 0.4) is 0 Å². The van der Waals surface area contributed by atoms with Crippen LogP contribution in [0.15, 0.2) is 30.6 Å². The van der Waals surface area contributed by atoms with E-state index < -0.39 is 21.9 Å². The number of aromatic nitrogens is 4. The number of rotatable bonds is 11. The molecule has 0 aliphatic carbocycles. The average molecular weight is 785 g/mol. The molecule has 5 heterocycles. The number of carbonyl (C=O) groups is 2. The molecule has 2 saturated heterocycles. The van der Waals surface area contributed by atoms with Crippen molar-refractivity contribution in [1.82, 2.24) is 40.2 Å². The third kappa shape index (κ3) is 10.1. The standard InChI is InChI=1S/C28H34N8O6S2.C8H18N2/c1-15(2)36-7-6-35(13-16(36)3)14-23-32-24(25(43-23)28(38)39)26(37)31-20-8-17(9-21-19(20)12-30-33-21)18-10-22(34-44(5,40)41)27(42-4)29-11-18;1-7(2)10-5-4-9-6-8(10)3/h8-12,15-16,34H,6-7,13-14H2,1-5H3,(H,30,33)(H,31,37)(H,38,39);7-9H,4-6H2,1-3H3. The van der Waals surface area contributed by atoms with E-state index in [0.29, 0.717) is 63.4 Å². The summed E-state index contributed by atoms with van der Waals surface area (Å²) in [6.45, 7) is 19.8. The van der Waals surface area contributed by atoms with Crippen molar-refractivity contribution >= 4 is 55.5 Å². The number of methoxy groups -OCH3 is 1. The Morgan fingerprint density at radius 1 is 1.02 bits per heavy atom. The number of amides is 1. The van der Waals surface area contributed by atoms with Crippen LogP contribution in [-0.4, -0.2) is 137 Å². The van der Waals surface area contributed by atoms with Gasteiger partial charge in [0, 0.05) is 80.6 Å². The number of carboxylic acids is 1. The molecule has 1 amide bonds. The highest BCUT2D eigenvalue weighted by molar-refractivity contribution is 7.92. The van der Waals surface area contributed by atoms with E-state index in [1.807, 2.05) is 0 Å². The van der Waals surface area contributed by atoms with E-state index >= 15 is 0 Å². The molecule has 2 aliphatic rings. The Kier molecular flexibility index (Phi) is 13.3. The number of nitrogens with zero attached hydrogens (tertiary/aromatic N) is 6. The van der Waals surface area contributed by atoms with Gasteiger partial charge in [0.1, 0.15) is 15.6 Å². The molecule has 294 valence electrons. The molecule has 2 fully saturated rings. The molecule has 5 N–H and O–H groups in total. The van der Waals surface area contributed by atoms with Crippen molar-refractivity contribution in [3.63, 3.8) is 0 Å². The Morgan fingerprint density at radius 2 is 1.72 bits per heavy atom. The number of fused-ring (bicyclic) bond motifs is 1. The van der Waals surface area contributed by atoms with Crippen LogP contribution in [0, 0.1) is 0 Å². The number of aromatic carboxylic acids is 1. The van der Waals surface area contributed by atoms with Gasteiger partial charge in [-0.05, 0) is 65.3 Å². The molecule has 0 saturated carbocycles. The van der Waals surface area contributed by atoms with Gasteiger partial charge in [-0.2, -0.15) is 5.10 Å². The molecule has 18 heteroatoms. The van der Waals surface area contributed by atoms with Crippen molar-refractivity contribution < 1.29 is 27.9 Å². The van der Waals surface area contributed by atoms with Gasteiger partial charge in [-0.25, -0.2) is 23.2 Å². The number of benzene rings is 1. The van der Waals surface area contributed by atoms with Gasteiger partial charge < -0.3 is 20.5 Å². The molecule has 2 atom stereocenters. The minimum absolute atomic E-state index is 0.0899. The van der Waals surface area contributed by atoms with E-state index in [2.05, 4.69) is 91.8 Å². The summed E-state index contributed by atoms with van der Waals surface area (Å²) in [6.07, 6.45) is 4.07. The summed E-state index contributed by atoms with van der Waals surface area (Å²) in [5.74, 6) is -1.81.